The molecule has 2 rings (SSSR count). The lowest BCUT2D eigenvalue weighted by Gasteiger charge is -2.08. The van der Waals surface area contributed by atoms with Gasteiger partial charge in [-0.15, -0.1) is 0 Å². The van der Waals surface area contributed by atoms with E-state index < -0.39 is 5.97 Å². The smallest absolute Gasteiger partial charge is 0.336 e. The van der Waals surface area contributed by atoms with Crippen LogP contribution in [0.2, 0.25) is 0 Å². The minimum Gasteiger partial charge on any atom is -0.478 e. The maximum atomic E-state index is 11.1. The van der Waals surface area contributed by atoms with Crippen molar-refractivity contribution in [1.82, 2.24) is 9.97 Å². The second kappa shape index (κ2) is 6.33. The van der Waals surface area contributed by atoms with E-state index in [1.807, 2.05) is 6.92 Å². The van der Waals surface area contributed by atoms with Crippen LogP contribution < -0.4 is 10.1 Å². The Morgan fingerprint density at radius 3 is 2.95 bits per heavy atom. The van der Waals surface area contributed by atoms with Crippen LogP contribution in [0, 0.1) is 0 Å². The number of hydrogen-bond acceptors (Lipinski definition) is 5. The summed E-state index contributed by atoms with van der Waals surface area (Å²) in [6.07, 6.45) is 1.57. The van der Waals surface area contributed by atoms with E-state index in [2.05, 4.69) is 31.2 Å². The Labute approximate surface area is 124 Å². The molecule has 104 valence electrons. The highest BCUT2D eigenvalue weighted by Gasteiger charge is 2.09. The van der Waals surface area contributed by atoms with Gasteiger partial charge in [-0.3, -0.25) is 0 Å². The molecule has 0 aliphatic carbocycles. The van der Waals surface area contributed by atoms with Crippen LogP contribution in [-0.2, 0) is 0 Å². The van der Waals surface area contributed by atoms with Crippen molar-refractivity contribution in [3.63, 3.8) is 0 Å². The summed E-state index contributed by atoms with van der Waals surface area (Å²) in [5, 5.41) is 12.0. The Kier molecular flexibility index (Phi) is 4.52. The van der Waals surface area contributed by atoms with Gasteiger partial charge in [-0.2, -0.15) is 4.98 Å². The number of anilines is 2. The van der Waals surface area contributed by atoms with Crippen LogP contribution in [0.3, 0.4) is 0 Å². The first-order valence-electron chi connectivity index (χ1n) is 5.86. The second-order valence-corrected chi connectivity index (χ2v) is 4.63. The van der Waals surface area contributed by atoms with Gasteiger partial charge in [0, 0.05) is 22.4 Å². The van der Waals surface area contributed by atoms with Crippen LogP contribution in [0.1, 0.15) is 17.3 Å². The zero-order chi connectivity index (χ0) is 14.5. The summed E-state index contributed by atoms with van der Waals surface area (Å²) in [6, 6.07) is 6.54. The number of ether oxygens (including phenoxy) is 1. The van der Waals surface area contributed by atoms with E-state index in [1.165, 1.54) is 6.07 Å². The van der Waals surface area contributed by atoms with Crippen LogP contribution in [-0.4, -0.2) is 27.7 Å². The molecular formula is C13H12BrN3O3. The van der Waals surface area contributed by atoms with E-state index in [1.54, 1.807) is 24.4 Å². The third-order valence-electron chi connectivity index (χ3n) is 2.38. The first kappa shape index (κ1) is 14.3. The first-order valence-corrected chi connectivity index (χ1v) is 6.65. The number of hydrogen-bond donors (Lipinski definition) is 2. The number of carbonyl (C=O) groups is 1. The summed E-state index contributed by atoms with van der Waals surface area (Å²) in [5.41, 5.74) is 0.746. The van der Waals surface area contributed by atoms with Crippen molar-refractivity contribution in [3.05, 3.63) is 40.5 Å². The van der Waals surface area contributed by atoms with Crippen molar-refractivity contribution in [2.75, 3.05) is 11.9 Å². The predicted molar refractivity (Wildman–Crippen MR) is 77.6 cm³/mol. The number of carboxylic acids is 1. The molecule has 0 spiro atoms. The molecule has 0 amide bonds. The molecule has 2 N–H and O–H groups in total. The van der Waals surface area contributed by atoms with Gasteiger partial charge in [0.25, 0.3) is 0 Å². The van der Waals surface area contributed by atoms with Gasteiger partial charge in [0.15, 0.2) is 0 Å². The Bertz CT molecular complexity index is 634. The Morgan fingerprint density at radius 2 is 2.25 bits per heavy atom. The van der Waals surface area contributed by atoms with Gasteiger partial charge in [0.2, 0.25) is 11.8 Å². The van der Waals surface area contributed by atoms with Crippen LogP contribution in [0.15, 0.2) is 34.9 Å². The van der Waals surface area contributed by atoms with Crippen LogP contribution >= 0.6 is 15.9 Å². The molecule has 0 radical (unpaired) electrons. The number of aromatic carboxylic acids is 1. The van der Waals surface area contributed by atoms with Crippen molar-refractivity contribution >= 4 is 33.5 Å². The van der Waals surface area contributed by atoms with Crippen LogP contribution in [0.4, 0.5) is 11.6 Å². The van der Waals surface area contributed by atoms with Crippen LogP contribution in [0.5, 0.6) is 5.88 Å². The third kappa shape index (κ3) is 3.45. The van der Waals surface area contributed by atoms with E-state index in [-0.39, 0.29) is 5.56 Å². The quantitative estimate of drug-likeness (QED) is 0.872. The molecule has 1 heterocycles. The topological polar surface area (TPSA) is 84.3 Å². The van der Waals surface area contributed by atoms with E-state index >= 15 is 0 Å². The molecular weight excluding hydrogens is 326 g/mol. The van der Waals surface area contributed by atoms with Crippen molar-refractivity contribution in [1.29, 1.82) is 0 Å². The standard InChI is InChI=1S/C13H12BrN3O3/c1-2-20-11-5-6-15-13(17-11)16-8-3-4-10(14)9(7-8)12(18)19/h3-7H,2H2,1H3,(H,18,19)(H,15,16,17). The first-order chi connectivity index (χ1) is 9.60. The second-order valence-electron chi connectivity index (χ2n) is 3.78. The highest BCUT2D eigenvalue weighted by Crippen LogP contribution is 2.23. The van der Waals surface area contributed by atoms with Gasteiger partial charge >= 0.3 is 5.97 Å². The van der Waals surface area contributed by atoms with E-state index in [4.69, 9.17) is 9.84 Å². The maximum Gasteiger partial charge on any atom is 0.336 e. The fourth-order valence-electron chi connectivity index (χ4n) is 1.53. The van der Waals surface area contributed by atoms with Crippen LogP contribution in [0.25, 0.3) is 0 Å². The van der Waals surface area contributed by atoms with Crippen molar-refractivity contribution < 1.29 is 14.6 Å². The molecule has 0 unspecified atom stereocenters. The SMILES string of the molecule is CCOc1ccnc(Nc2ccc(Br)c(C(=O)O)c2)n1. The lowest BCUT2D eigenvalue weighted by atomic mass is 10.2. The lowest BCUT2D eigenvalue weighted by molar-refractivity contribution is 0.0696. The molecule has 0 saturated heterocycles. The average molecular weight is 338 g/mol. The van der Waals surface area contributed by atoms with Crippen molar-refractivity contribution in [2.45, 2.75) is 6.92 Å². The van der Waals surface area contributed by atoms with E-state index in [0.717, 1.165) is 0 Å². The fraction of sp³-hybridized carbons (Fsp3) is 0.154. The molecule has 6 nitrogen and oxygen atoms in total. The molecule has 0 aliphatic rings. The summed E-state index contributed by atoms with van der Waals surface area (Å²) < 4.78 is 5.79. The number of benzene rings is 1. The Balaban J connectivity index is 2.23. The molecule has 1 aromatic heterocycles. The van der Waals surface area contributed by atoms with E-state index in [0.29, 0.717) is 28.6 Å². The van der Waals surface area contributed by atoms with Gasteiger partial charge in [0.1, 0.15) is 0 Å². The number of nitrogens with one attached hydrogen (secondary N) is 1. The Hall–Kier alpha value is -2.15. The largest absolute Gasteiger partial charge is 0.478 e. The average Bonchev–Trinajstić information content (AvgIpc) is 2.41. The molecule has 0 fully saturated rings. The van der Waals surface area contributed by atoms with Crippen molar-refractivity contribution in [2.24, 2.45) is 0 Å². The summed E-state index contributed by atoms with van der Waals surface area (Å²) in [6.45, 7) is 2.38. The monoisotopic (exact) mass is 337 g/mol. The highest BCUT2D eigenvalue weighted by molar-refractivity contribution is 9.10. The van der Waals surface area contributed by atoms with Gasteiger partial charge < -0.3 is 15.2 Å². The number of rotatable bonds is 5. The number of nitrogens with zero attached hydrogens (tertiary/aromatic N) is 2. The minimum absolute atomic E-state index is 0.163. The van der Waals surface area contributed by atoms with Gasteiger partial charge in [-0.1, -0.05) is 0 Å². The molecule has 7 heteroatoms. The minimum atomic E-state index is -1.01. The molecule has 0 bridgehead atoms. The van der Waals surface area contributed by atoms with Crippen molar-refractivity contribution in [3.8, 4) is 5.88 Å². The molecule has 20 heavy (non-hydrogen) atoms. The van der Waals surface area contributed by atoms with Gasteiger partial charge in [-0.25, -0.2) is 9.78 Å². The van der Waals surface area contributed by atoms with Gasteiger partial charge in [0.05, 0.1) is 12.2 Å². The number of aromatic nitrogens is 2. The number of carboxylic acid groups (broad SMARTS) is 1. The predicted octanol–water partition coefficient (Wildman–Crippen LogP) is 3.08. The lowest BCUT2D eigenvalue weighted by Crippen LogP contribution is -2.02. The summed E-state index contributed by atoms with van der Waals surface area (Å²) in [7, 11) is 0. The Morgan fingerprint density at radius 1 is 1.45 bits per heavy atom. The highest BCUT2D eigenvalue weighted by atomic mass is 79.9. The zero-order valence-corrected chi connectivity index (χ0v) is 12.2. The summed E-state index contributed by atoms with van der Waals surface area (Å²) in [5.74, 6) is -0.209. The molecule has 0 saturated carbocycles. The normalized spacial score (nSPS) is 10.1. The molecule has 2 aromatic rings. The molecule has 0 aliphatic heterocycles. The summed E-state index contributed by atoms with van der Waals surface area (Å²) in [4.78, 5) is 19.3. The molecule has 1 aromatic carbocycles. The number of halogens is 1. The maximum absolute atomic E-state index is 11.1. The van der Waals surface area contributed by atoms with Gasteiger partial charge in [-0.05, 0) is 41.1 Å². The third-order valence-corrected chi connectivity index (χ3v) is 3.07. The zero-order valence-electron chi connectivity index (χ0n) is 10.6. The summed E-state index contributed by atoms with van der Waals surface area (Å²) >= 11 is 3.19. The fourth-order valence-corrected chi connectivity index (χ4v) is 1.94. The van der Waals surface area contributed by atoms with E-state index in [9.17, 15) is 4.79 Å². The molecule has 0 atom stereocenters.